The summed E-state index contributed by atoms with van der Waals surface area (Å²) < 4.78 is 1.74. The average Bonchev–Trinajstić information content (AvgIpc) is 3.03. The monoisotopic (exact) mass is 287 g/mol. The van der Waals surface area contributed by atoms with Crippen LogP contribution in [0, 0.1) is 0 Å². The summed E-state index contributed by atoms with van der Waals surface area (Å²) in [5.41, 5.74) is 0.756. The van der Waals surface area contributed by atoms with Gasteiger partial charge in [0, 0.05) is 5.69 Å². The molecular formula is C16H21N3O2. The Kier molecular flexibility index (Phi) is 4.75. The van der Waals surface area contributed by atoms with Crippen molar-refractivity contribution in [3.05, 3.63) is 48.5 Å². The highest BCUT2D eigenvalue weighted by atomic mass is 16.3. The van der Waals surface area contributed by atoms with Gasteiger partial charge in [-0.15, -0.1) is 0 Å². The number of carbonyl (C=O) groups excluding carboxylic acids is 1. The number of nitrogens with zero attached hydrogens (tertiary/aromatic N) is 2. The first kappa shape index (κ1) is 15.3. The Bertz CT molecular complexity index is 580. The van der Waals surface area contributed by atoms with Crippen molar-refractivity contribution in [2.45, 2.75) is 32.2 Å². The minimum atomic E-state index is -0.580. The number of amides is 1. The summed E-state index contributed by atoms with van der Waals surface area (Å²) in [6.45, 7) is 3.83. The summed E-state index contributed by atoms with van der Waals surface area (Å²) in [6, 6.07) is 9.57. The molecule has 5 nitrogen and oxygen atoms in total. The van der Waals surface area contributed by atoms with Crippen LogP contribution in [0.25, 0.3) is 5.69 Å². The summed E-state index contributed by atoms with van der Waals surface area (Å²) >= 11 is 0. The van der Waals surface area contributed by atoms with Gasteiger partial charge >= 0.3 is 0 Å². The lowest BCUT2D eigenvalue weighted by Gasteiger charge is -2.30. The van der Waals surface area contributed by atoms with E-state index in [2.05, 4.69) is 10.3 Å². The fraction of sp³-hybridized carbons (Fsp3) is 0.375. The second kappa shape index (κ2) is 6.54. The molecule has 0 aliphatic carbocycles. The van der Waals surface area contributed by atoms with Crippen LogP contribution in [0.1, 0.15) is 37.2 Å². The van der Waals surface area contributed by atoms with Crippen LogP contribution in [-0.2, 0) is 0 Å². The molecule has 2 rings (SSSR count). The standard InChI is InChI=1S/C16H21N3O2/c1-3-16(4-2,11-20)18-15(21)14-10-17-12-19(14)13-8-6-5-7-9-13/h5-10,12,20H,3-4,11H2,1-2H3,(H,18,21). The Morgan fingerprint density at radius 3 is 2.52 bits per heavy atom. The van der Waals surface area contributed by atoms with E-state index in [0.717, 1.165) is 5.69 Å². The van der Waals surface area contributed by atoms with Crippen molar-refractivity contribution in [3.63, 3.8) is 0 Å². The summed E-state index contributed by atoms with van der Waals surface area (Å²) in [5, 5.41) is 12.5. The van der Waals surface area contributed by atoms with Gasteiger partial charge in [-0.1, -0.05) is 32.0 Å². The molecule has 2 N–H and O–H groups in total. The Hall–Kier alpha value is -2.14. The summed E-state index contributed by atoms with van der Waals surface area (Å²) in [5.74, 6) is -0.228. The van der Waals surface area contributed by atoms with E-state index in [9.17, 15) is 9.90 Å². The Morgan fingerprint density at radius 2 is 1.95 bits per heavy atom. The molecule has 0 fully saturated rings. The van der Waals surface area contributed by atoms with E-state index in [-0.39, 0.29) is 12.5 Å². The molecular weight excluding hydrogens is 266 g/mol. The van der Waals surface area contributed by atoms with Crippen molar-refractivity contribution < 1.29 is 9.90 Å². The van der Waals surface area contributed by atoms with Crippen molar-refractivity contribution in [1.29, 1.82) is 0 Å². The molecule has 112 valence electrons. The molecule has 1 aromatic heterocycles. The highest BCUT2D eigenvalue weighted by Gasteiger charge is 2.28. The van der Waals surface area contributed by atoms with Gasteiger partial charge < -0.3 is 10.4 Å². The highest BCUT2D eigenvalue weighted by molar-refractivity contribution is 5.93. The molecule has 0 saturated carbocycles. The largest absolute Gasteiger partial charge is 0.394 e. The lowest BCUT2D eigenvalue weighted by molar-refractivity contribution is 0.0811. The van der Waals surface area contributed by atoms with Crippen LogP contribution >= 0.6 is 0 Å². The molecule has 1 heterocycles. The lowest BCUT2D eigenvalue weighted by atomic mass is 9.94. The highest BCUT2D eigenvalue weighted by Crippen LogP contribution is 2.17. The maximum absolute atomic E-state index is 12.5. The maximum atomic E-state index is 12.5. The van der Waals surface area contributed by atoms with Crippen molar-refractivity contribution >= 4 is 5.91 Å². The zero-order chi connectivity index (χ0) is 15.3. The van der Waals surface area contributed by atoms with Crippen molar-refractivity contribution in [2.75, 3.05) is 6.61 Å². The average molecular weight is 287 g/mol. The summed E-state index contributed by atoms with van der Waals surface area (Å²) in [4.78, 5) is 16.6. The summed E-state index contributed by atoms with van der Waals surface area (Å²) in [7, 11) is 0. The Labute approximate surface area is 124 Å². The van der Waals surface area contributed by atoms with Crippen molar-refractivity contribution in [3.8, 4) is 5.69 Å². The van der Waals surface area contributed by atoms with Gasteiger partial charge in [-0.05, 0) is 25.0 Å². The third-order valence-electron chi connectivity index (χ3n) is 3.94. The van der Waals surface area contributed by atoms with Crippen LogP contribution in [0.5, 0.6) is 0 Å². The molecule has 0 bridgehead atoms. The number of aromatic nitrogens is 2. The maximum Gasteiger partial charge on any atom is 0.270 e. The minimum absolute atomic E-state index is 0.0782. The number of carbonyl (C=O) groups is 1. The fourth-order valence-corrected chi connectivity index (χ4v) is 2.25. The van der Waals surface area contributed by atoms with E-state index in [1.54, 1.807) is 10.9 Å². The first-order chi connectivity index (χ1) is 10.2. The fourth-order valence-electron chi connectivity index (χ4n) is 2.25. The SMILES string of the molecule is CCC(CC)(CO)NC(=O)c1cncn1-c1ccccc1. The minimum Gasteiger partial charge on any atom is -0.394 e. The predicted octanol–water partition coefficient (Wildman–Crippen LogP) is 2.15. The van der Waals surface area contributed by atoms with Gasteiger partial charge in [0.05, 0.1) is 24.7 Å². The molecule has 1 amide bonds. The molecule has 0 aliphatic heterocycles. The normalized spacial score (nSPS) is 11.4. The third kappa shape index (κ3) is 3.13. The van der Waals surface area contributed by atoms with Gasteiger partial charge in [0.25, 0.3) is 5.91 Å². The zero-order valence-electron chi connectivity index (χ0n) is 12.4. The van der Waals surface area contributed by atoms with Crippen LogP contribution in [-0.4, -0.2) is 32.7 Å². The van der Waals surface area contributed by atoms with Crippen LogP contribution in [0.3, 0.4) is 0 Å². The van der Waals surface area contributed by atoms with E-state index >= 15 is 0 Å². The van der Waals surface area contributed by atoms with Gasteiger partial charge in [0.1, 0.15) is 5.69 Å². The zero-order valence-corrected chi connectivity index (χ0v) is 12.4. The second-order valence-electron chi connectivity index (χ2n) is 5.08. The molecule has 0 radical (unpaired) electrons. The Balaban J connectivity index is 2.28. The van der Waals surface area contributed by atoms with Crippen LogP contribution in [0.2, 0.25) is 0 Å². The number of imidazole rings is 1. The number of benzene rings is 1. The van der Waals surface area contributed by atoms with E-state index in [0.29, 0.717) is 18.5 Å². The number of aliphatic hydroxyl groups is 1. The third-order valence-corrected chi connectivity index (χ3v) is 3.94. The molecule has 0 atom stereocenters. The van der Waals surface area contributed by atoms with Gasteiger partial charge in [-0.2, -0.15) is 0 Å². The molecule has 0 spiro atoms. The second-order valence-corrected chi connectivity index (χ2v) is 5.08. The molecule has 0 aliphatic rings. The first-order valence-electron chi connectivity index (χ1n) is 7.17. The molecule has 21 heavy (non-hydrogen) atoms. The smallest absolute Gasteiger partial charge is 0.270 e. The van der Waals surface area contributed by atoms with Crippen LogP contribution in [0.15, 0.2) is 42.9 Å². The molecule has 0 saturated heterocycles. The van der Waals surface area contributed by atoms with Crippen molar-refractivity contribution in [2.24, 2.45) is 0 Å². The van der Waals surface area contributed by atoms with Gasteiger partial charge in [0.2, 0.25) is 0 Å². The predicted molar refractivity (Wildman–Crippen MR) is 81.4 cm³/mol. The number of hydrogen-bond donors (Lipinski definition) is 2. The van der Waals surface area contributed by atoms with E-state index in [1.165, 1.54) is 6.20 Å². The van der Waals surface area contributed by atoms with Gasteiger partial charge in [-0.25, -0.2) is 4.98 Å². The number of para-hydroxylation sites is 1. The number of nitrogens with one attached hydrogen (secondary N) is 1. The lowest BCUT2D eigenvalue weighted by Crippen LogP contribution is -2.50. The molecule has 5 heteroatoms. The van der Waals surface area contributed by atoms with Gasteiger partial charge in [-0.3, -0.25) is 9.36 Å². The molecule has 1 aromatic carbocycles. The number of aliphatic hydroxyl groups excluding tert-OH is 1. The Morgan fingerprint density at radius 1 is 1.29 bits per heavy atom. The topological polar surface area (TPSA) is 67.2 Å². The van der Waals surface area contributed by atoms with Gasteiger partial charge in [0.15, 0.2) is 0 Å². The van der Waals surface area contributed by atoms with Crippen molar-refractivity contribution in [1.82, 2.24) is 14.9 Å². The number of rotatable bonds is 6. The molecule has 2 aromatic rings. The van der Waals surface area contributed by atoms with Crippen LogP contribution in [0.4, 0.5) is 0 Å². The van der Waals surface area contributed by atoms with Crippen LogP contribution < -0.4 is 5.32 Å². The first-order valence-corrected chi connectivity index (χ1v) is 7.17. The van der Waals surface area contributed by atoms with E-state index in [4.69, 9.17) is 0 Å². The van der Waals surface area contributed by atoms with E-state index in [1.807, 2.05) is 44.2 Å². The summed E-state index contributed by atoms with van der Waals surface area (Å²) in [6.07, 6.45) is 4.50. The number of hydrogen-bond acceptors (Lipinski definition) is 3. The quantitative estimate of drug-likeness (QED) is 0.855. The van der Waals surface area contributed by atoms with E-state index < -0.39 is 5.54 Å². The molecule has 0 unspecified atom stereocenters.